The largest absolute Gasteiger partial charge is 0.352 e. The minimum absolute atomic E-state index is 0.132. The number of fused-ring (bicyclic) bond motifs is 1. The van der Waals surface area contributed by atoms with Crippen LogP contribution in [0.4, 0.5) is 4.79 Å². The Kier molecular flexibility index (Phi) is 4.82. The SMILES string of the molecule is Cc1nc2c(s1)CCC[C@@H]2CN(C)C(=O)[C@@H](C)NC(N)=O. The van der Waals surface area contributed by atoms with Crippen LogP contribution in [-0.2, 0) is 11.2 Å². The summed E-state index contributed by atoms with van der Waals surface area (Å²) < 4.78 is 0. The predicted octanol–water partition coefficient (Wildman–Crippen LogP) is 1.39. The van der Waals surface area contributed by atoms with Crippen molar-refractivity contribution in [1.82, 2.24) is 15.2 Å². The Morgan fingerprint density at radius 1 is 1.57 bits per heavy atom. The van der Waals surface area contributed by atoms with Crippen LogP contribution in [0.5, 0.6) is 0 Å². The third kappa shape index (κ3) is 3.72. The molecule has 1 aromatic rings. The number of likely N-dealkylation sites (N-methyl/N-ethyl adjacent to an activating group) is 1. The van der Waals surface area contributed by atoms with Crippen LogP contribution in [-0.4, -0.2) is 41.5 Å². The van der Waals surface area contributed by atoms with E-state index in [0.29, 0.717) is 6.54 Å². The smallest absolute Gasteiger partial charge is 0.312 e. The molecule has 1 aromatic heterocycles. The van der Waals surface area contributed by atoms with Crippen molar-refractivity contribution >= 4 is 23.3 Å². The molecule has 1 aliphatic rings. The molecule has 0 spiro atoms. The highest BCUT2D eigenvalue weighted by molar-refractivity contribution is 7.11. The zero-order valence-electron chi connectivity index (χ0n) is 12.7. The molecule has 21 heavy (non-hydrogen) atoms. The summed E-state index contributed by atoms with van der Waals surface area (Å²) in [5.41, 5.74) is 6.20. The number of amides is 3. The molecule has 0 saturated heterocycles. The van der Waals surface area contributed by atoms with Crippen molar-refractivity contribution in [3.8, 4) is 0 Å². The molecule has 0 fully saturated rings. The Morgan fingerprint density at radius 2 is 2.29 bits per heavy atom. The lowest BCUT2D eigenvalue weighted by Crippen LogP contribution is -2.48. The number of primary amides is 1. The van der Waals surface area contributed by atoms with Crippen molar-refractivity contribution in [1.29, 1.82) is 0 Å². The van der Waals surface area contributed by atoms with Crippen molar-refractivity contribution in [3.63, 3.8) is 0 Å². The molecule has 2 atom stereocenters. The van der Waals surface area contributed by atoms with Crippen LogP contribution in [0.15, 0.2) is 0 Å². The Morgan fingerprint density at radius 3 is 2.95 bits per heavy atom. The molecular weight excluding hydrogens is 288 g/mol. The van der Waals surface area contributed by atoms with E-state index >= 15 is 0 Å². The molecule has 7 heteroatoms. The lowest BCUT2D eigenvalue weighted by molar-refractivity contribution is -0.131. The van der Waals surface area contributed by atoms with Gasteiger partial charge in [0.15, 0.2) is 0 Å². The van der Waals surface area contributed by atoms with Gasteiger partial charge in [-0.2, -0.15) is 0 Å². The standard InChI is InChI=1S/C14H22N4O2S/c1-8(16-14(15)20)13(19)18(3)7-10-5-4-6-11-12(10)17-9(2)21-11/h8,10H,4-7H2,1-3H3,(H3,15,16,20)/t8-,10-/m1/s1. The van der Waals surface area contributed by atoms with Gasteiger partial charge in [-0.3, -0.25) is 4.79 Å². The average molecular weight is 310 g/mol. The van der Waals surface area contributed by atoms with Crippen LogP contribution in [0.3, 0.4) is 0 Å². The third-order valence-electron chi connectivity index (χ3n) is 3.78. The molecular formula is C14H22N4O2S. The lowest BCUT2D eigenvalue weighted by Gasteiger charge is -2.28. The number of hydrogen-bond donors (Lipinski definition) is 2. The van der Waals surface area contributed by atoms with E-state index in [9.17, 15) is 9.59 Å². The second-order valence-corrected chi connectivity index (χ2v) is 6.87. The molecule has 0 bridgehead atoms. The first-order valence-electron chi connectivity index (χ1n) is 7.15. The van der Waals surface area contributed by atoms with Crippen LogP contribution >= 0.6 is 11.3 Å². The minimum atomic E-state index is -0.681. The van der Waals surface area contributed by atoms with Crippen molar-refractivity contribution in [2.45, 2.75) is 45.1 Å². The highest BCUT2D eigenvalue weighted by Crippen LogP contribution is 2.34. The molecule has 3 amide bonds. The van der Waals surface area contributed by atoms with E-state index in [1.54, 1.807) is 30.2 Å². The quantitative estimate of drug-likeness (QED) is 0.880. The molecule has 0 aromatic carbocycles. The normalized spacial score (nSPS) is 18.7. The zero-order valence-corrected chi connectivity index (χ0v) is 13.5. The van der Waals surface area contributed by atoms with E-state index in [1.807, 2.05) is 6.92 Å². The Labute approximate surface area is 128 Å². The summed E-state index contributed by atoms with van der Waals surface area (Å²) in [6.45, 7) is 4.29. The number of hydrogen-bond acceptors (Lipinski definition) is 4. The van der Waals surface area contributed by atoms with Gasteiger partial charge in [0.2, 0.25) is 5.91 Å². The average Bonchev–Trinajstić information content (AvgIpc) is 2.78. The first-order valence-corrected chi connectivity index (χ1v) is 7.97. The lowest BCUT2D eigenvalue weighted by atomic mass is 9.90. The molecule has 2 rings (SSSR count). The van der Waals surface area contributed by atoms with Crippen LogP contribution in [0.25, 0.3) is 0 Å². The number of aromatic nitrogens is 1. The van der Waals surface area contributed by atoms with Gasteiger partial charge in [0.05, 0.1) is 10.7 Å². The Bertz CT molecular complexity index is 543. The van der Waals surface area contributed by atoms with Crippen LogP contribution in [0.2, 0.25) is 0 Å². The maximum atomic E-state index is 12.2. The molecule has 0 unspecified atom stereocenters. The zero-order chi connectivity index (χ0) is 15.6. The van der Waals surface area contributed by atoms with Crippen molar-refractivity contribution < 1.29 is 9.59 Å². The van der Waals surface area contributed by atoms with E-state index in [-0.39, 0.29) is 11.8 Å². The minimum Gasteiger partial charge on any atom is -0.352 e. The van der Waals surface area contributed by atoms with Gasteiger partial charge in [0.1, 0.15) is 6.04 Å². The van der Waals surface area contributed by atoms with E-state index in [4.69, 9.17) is 5.73 Å². The number of aryl methyl sites for hydroxylation is 2. The second-order valence-electron chi connectivity index (χ2n) is 5.58. The number of rotatable bonds is 4. The molecule has 0 aliphatic heterocycles. The van der Waals surface area contributed by atoms with Gasteiger partial charge in [-0.15, -0.1) is 11.3 Å². The number of carbonyl (C=O) groups excluding carboxylic acids is 2. The molecule has 1 heterocycles. The first-order chi connectivity index (χ1) is 9.88. The summed E-state index contributed by atoms with van der Waals surface area (Å²) in [6, 6.07) is -1.29. The maximum Gasteiger partial charge on any atom is 0.312 e. The predicted molar refractivity (Wildman–Crippen MR) is 82.3 cm³/mol. The number of nitrogens with two attached hydrogens (primary N) is 1. The Balaban J connectivity index is 2.01. The van der Waals surface area contributed by atoms with Gasteiger partial charge < -0.3 is 16.0 Å². The van der Waals surface area contributed by atoms with Crippen LogP contribution < -0.4 is 11.1 Å². The number of thiazole rings is 1. The number of nitrogens with zero attached hydrogens (tertiary/aromatic N) is 2. The molecule has 6 nitrogen and oxygen atoms in total. The fourth-order valence-corrected chi connectivity index (χ4v) is 3.90. The first kappa shape index (κ1) is 15.8. The van der Waals surface area contributed by atoms with Gasteiger partial charge in [-0.05, 0) is 33.1 Å². The fourth-order valence-electron chi connectivity index (χ4n) is 2.83. The summed E-state index contributed by atoms with van der Waals surface area (Å²) >= 11 is 1.76. The van der Waals surface area contributed by atoms with E-state index in [2.05, 4.69) is 10.3 Å². The van der Waals surface area contributed by atoms with Gasteiger partial charge in [0.25, 0.3) is 0 Å². The number of urea groups is 1. The summed E-state index contributed by atoms with van der Waals surface area (Å²) in [4.78, 5) is 30.7. The molecule has 1 aliphatic carbocycles. The van der Waals surface area contributed by atoms with E-state index in [0.717, 1.165) is 30.0 Å². The van der Waals surface area contributed by atoms with Crippen LogP contribution in [0, 0.1) is 6.92 Å². The maximum absolute atomic E-state index is 12.2. The highest BCUT2D eigenvalue weighted by atomic mass is 32.1. The number of carbonyl (C=O) groups is 2. The summed E-state index contributed by atoms with van der Waals surface area (Å²) in [7, 11) is 1.76. The molecule has 3 N–H and O–H groups in total. The summed E-state index contributed by atoms with van der Waals surface area (Å²) in [6.07, 6.45) is 3.27. The second kappa shape index (κ2) is 6.43. The van der Waals surface area contributed by atoms with E-state index in [1.165, 1.54) is 4.88 Å². The van der Waals surface area contributed by atoms with Gasteiger partial charge >= 0.3 is 6.03 Å². The fraction of sp³-hybridized carbons (Fsp3) is 0.643. The van der Waals surface area contributed by atoms with Gasteiger partial charge in [0, 0.05) is 24.4 Å². The number of nitrogens with one attached hydrogen (secondary N) is 1. The van der Waals surface area contributed by atoms with Crippen LogP contribution in [0.1, 0.15) is 41.3 Å². The van der Waals surface area contributed by atoms with Gasteiger partial charge in [-0.25, -0.2) is 9.78 Å². The topological polar surface area (TPSA) is 88.3 Å². The monoisotopic (exact) mass is 310 g/mol. The van der Waals surface area contributed by atoms with Gasteiger partial charge in [-0.1, -0.05) is 0 Å². The van der Waals surface area contributed by atoms with Crippen molar-refractivity contribution in [2.75, 3.05) is 13.6 Å². The van der Waals surface area contributed by atoms with Crippen molar-refractivity contribution in [2.24, 2.45) is 5.73 Å². The molecule has 116 valence electrons. The Hall–Kier alpha value is -1.63. The van der Waals surface area contributed by atoms with Crippen molar-refractivity contribution in [3.05, 3.63) is 15.6 Å². The summed E-state index contributed by atoms with van der Waals surface area (Å²) in [5, 5.41) is 3.51. The molecule has 0 radical (unpaired) electrons. The van der Waals surface area contributed by atoms with E-state index < -0.39 is 12.1 Å². The third-order valence-corrected chi connectivity index (χ3v) is 4.82. The summed E-state index contributed by atoms with van der Waals surface area (Å²) in [5.74, 6) is 0.154. The molecule has 0 saturated carbocycles. The highest BCUT2D eigenvalue weighted by Gasteiger charge is 2.27.